The highest BCUT2D eigenvalue weighted by atomic mass is 32.1. The van der Waals surface area contributed by atoms with Gasteiger partial charge < -0.3 is 9.64 Å². The Hall–Kier alpha value is -0.220. The second kappa shape index (κ2) is 4.74. The average Bonchev–Trinajstić information content (AvgIpc) is 2.13. The molecule has 0 aromatic carbocycles. The molecule has 1 N–H and O–H groups in total. The second-order valence-electron chi connectivity index (χ2n) is 5.18. The Balaban J connectivity index is 2.60. The molecule has 0 aromatic rings. The highest BCUT2D eigenvalue weighted by Gasteiger charge is 2.41. The van der Waals surface area contributed by atoms with Crippen molar-refractivity contribution in [2.24, 2.45) is 0 Å². The van der Waals surface area contributed by atoms with Crippen molar-refractivity contribution in [1.82, 2.24) is 0 Å². The third kappa shape index (κ3) is 3.11. The van der Waals surface area contributed by atoms with E-state index in [1.165, 1.54) is 4.90 Å². The third-order valence-electron chi connectivity index (χ3n) is 3.59. The van der Waals surface area contributed by atoms with Gasteiger partial charge in [0, 0.05) is 12.8 Å². The van der Waals surface area contributed by atoms with Gasteiger partial charge in [-0.1, -0.05) is 0 Å². The van der Waals surface area contributed by atoms with Gasteiger partial charge in [-0.25, -0.2) is 0 Å². The summed E-state index contributed by atoms with van der Waals surface area (Å²) in [7, 11) is 2.21. The van der Waals surface area contributed by atoms with E-state index < -0.39 is 0 Å². The van der Waals surface area contributed by atoms with Crippen LogP contribution in [0.5, 0.6) is 0 Å². The third-order valence-corrected chi connectivity index (χ3v) is 3.85. The summed E-state index contributed by atoms with van der Waals surface area (Å²) in [6, 6.07) is 0.534. The van der Waals surface area contributed by atoms with Crippen LogP contribution >= 0.6 is 12.6 Å². The van der Waals surface area contributed by atoms with Crippen molar-refractivity contribution < 1.29 is 14.4 Å². The molecule has 4 heteroatoms. The molecule has 1 saturated heterocycles. The van der Waals surface area contributed by atoms with E-state index >= 15 is 0 Å². The lowest BCUT2D eigenvalue weighted by atomic mass is 9.85. The van der Waals surface area contributed by atoms with Crippen molar-refractivity contribution in [2.75, 3.05) is 12.8 Å². The van der Waals surface area contributed by atoms with Crippen molar-refractivity contribution in [1.29, 1.82) is 0 Å². The molecule has 0 radical (unpaired) electrons. The number of carbonyl (C=O) groups excluding carboxylic acids is 1. The fraction of sp³-hybridized carbons (Fsp3) is 0.909. The highest BCUT2D eigenvalue weighted by molar-refractivity contribution is 7.81. The monoisotopic (exact) mass is 232 g/mol. The summed E-state index contributed by atoms with van der Waals surface area (Å²) in [5.74, 6) is -0.0283. The number of nitrogens with one attached hydrogen (secondary N) is 1. The van der Waals surface area contributed by atoms with Crippen molar-refractivity contribution in [3.63, 3.8) is 0 Å². The van der Waals surface area contributed by atoms with Crippen LogP contribution in [0.2, 0.25) is 0 Å². The molecule has 0 bridgehead atoms. The summed E-state index contributed by atoms with van der Waals surface area (Å²) >= 11 is 3.92. The number of hydrogen-bond acceptors (Lipinski definition) is 3. The number of ether oxygens (including phenoxy) is 1. The number of hydrogen-bond donors (Lipinski definition) is 2. The van der Waals surface area contributed by atoms with Crippen LogP contribution < -0.4 is 4.90 Å². The predicted molar refractivity (Wildman–Crippen MR) is 63.4 cm³/mol. The fourth-order valence-electron chi connectivity index (χ4n) is 2.36. The molecule has 1 aliphatic heterocycles. The van der Waals surface area contributed by atoms with Gasteiger partial charge in [0.2, 0.25) is 0 Å². The second-order valence-corrected chi connectivity index (χ2v) is 5.49. The molecule has 3 unspecified atom stereocenters. The van der Waals surface area contributed by atoms with Crippen LogP contribution in [0.4, 0.5) is 0 Å². The van der Waals surface area contributed by atoms with Gasteiger partial charge in [0.15, 0.2) is 0 Å². The molecule has 1 heterocycles. The molecule has 88 valence electrons. The molecule has 0 aromatic heterocycles. The number of piperidine rings is 1. The quantitative estimate of drug-likeness (QED) is 0.530. The van der Waals surface area contributed by atoms with Gasteiger partial charge in [-0.3, -0.25) is 4.79 Å². The maximum Gasteiger partial charge on any atom is 0.315 e. The molecule has 1 aliphatic rings. The van der Waals surface area contributed by atoms with E-state index in [-0.39, 0.29) is 23.4 Å². The Morgan fingerprint density at radius 3 is 2.67 bits per heavy atom. The molecule has 1 fully saturated rings. The number of quaternary nitrogens is 1. The Kier molecular flexibility index (Phi) is 4.06. The smallest absolute Gasteiger partial charge is 0.315 e. The molecule has 0 spiro atoms. The molecule has 0 aliphatic carbocycles. The predicted octanol–water partition coefficient (Wildman–Crippen LogP) is 0.304. The van der Waals surface area contributed by atoms with Gasteiger partial charge in [0.1, 0.15) is 6.10 Å². The number of esters is 1. The molecule has 0 saturated carbocycles. The largest absolute Gasteiger partial charge is 0.461 e. The number of rotatable bonds is 2. The fourth-order valence-corrected chi connectivity index (χ4v) is 2.44. The van der Waals surface area contributed by atoms with Crippen LogP contribution in [0.15, 0.2) is 0 Å². The van der Waals surface area contributed by atoms with Crippen LogP contribution in [-0.4, -0.2) is 36.5 Å². The van der Waals surface area contributed by atoms with E-state index in [0.717, 1.165) is 12.8 Å². The first-order chi connectivity index (χ1) is 6.86. The minimum atomic E-state index is -0.203. The molecule has 1 rings (SSSR count). The van der Waals surface area contributed by atoms with Gasteiger partial charge in [-0.05, 0) is 20.8 Å². The Labute approximate surface area is 97.6 Å². The summed E-state index contributed by atoms with van der Waals surface area (Å²) in [5, 5.41) is 0. The van der Waals surface area contributed by atoms with E-state index in [1.807, 2.05) is 0 Å². The SMILES string of the molecule is CC1CC(OC(=O)CS)CC(C)(C)[NH+]1C. The van der Waals surface area contributed by atoms with Crippen LogP contribution in [0.1, 0.15) is 33.6 Å². The van der Waals surface area contributed by atoms with Crippen molar-refractivity contribution in [3.05, 3.63) is 0 Å². The zero-order chi connectivity index (χ0) is 11.6. The zero-order valence-corrected chi connectivity index (χ0v) is 10.9. The number of carbonyl (C=O) groups is 1. The lowest BCUT2D eigenvalue weighted by Gasteiger charge is -2.43. The Morgan fingerprint density at radius 1 is 1.60 bits per heavy atom. The molecular formula is C11H22NO2S+. The Morgan fingerprint density at radius 2 is 2.20 bits per heavy atom. The zero-order valence-electron chi connectivity index (χ0n) is 10.0. The highest BCUT2D eigenvalue weighted by Crippen LogP contribution is 2.20. The maximum atomic E-state index is 11.2. The maximum absolute atomic E-state index is 11.2. The van der Waals surface area contributed by atoms with Gasteiger partial charge >= 0.3 is 5.97 Å². The van der Waals surface area contributed by atoms with Crippen molar-refractivity contribution in [3.8, 4) is 0 Å². The number of thiol groups is 1. The van der Waals surface area contributed by atoms with E-state index in [4.69, 9.17) is 4.74 Å². The molecule has 3 atom stereocenters. The van der Waals surface area contributed by atoms with Gasteiger partial charge in [0.05, 0.1) is 24.4 Å². The lowest BCUT2D eigenvalue weighted by molar-refractivity contribution is -0.959. The summed E-state index contributed by atoms with van der Waals surface area (Å²) in [6.07, 6.45) is 1.95. The topological polar surface area (TPSA) is 30.7 Å². The van der Waals surface area contributed by atoms with Crippen molar-refractivity contribution >= 4 is 18.6 Å². The standard InChI is InChI=1S/C11H21NO2S/c1-8-5-9(14-10(13)7-15)6-11(2,3)12(8)4/h8-9,15H,5-7H2,1-4H3/p+1. The summed E-state index contributed by atoms with van der Waals surface area (Å²) in [5.41, 5.74) is 0.180. The Bertz CT molecular complexity index is 243. The van der Waals surface area contributed by atoms with E-state index in [0.29, 0.717) is 6.04 Å². The van der Waals surface area contributed by atoms with Crippen LogP contribution in [0, 0.1) is 0 Å². The van der Waals surface area contributed by atoms with E-state index in [2.05, 4.69) is 40.4 Å². The van der Waals surface area contributed by atoms with Crippen LogP contribution in [-0.2, 0) is 9.53 Å². The first-order valence-corrected chi connectivity index (χ1v) is 6.14. The minimum absolute atomic E-state index is 0.0679. The first kappa shape index (κ1) is 12.8. The first-order valence-electron chi connectivity index (χ1n) is 5.51. The van der Waals surface area contributed by atoms with E-state index in [9.17, 15) is 4.79 Å². The normalized spacial score (nSPS) is 34.9. The average molecular weight is 232 g/mol. The van der Waals surface area contributed by atoms with E-state index in [1.54, 1.807) is 0 Å². The molecular weight excluding hydrogens is 210 g/mol. The molecule has 15 heavy (non-hydrogen) atoms. The van der Waals surface area contributed by atoms with Crippen LogP contribution in [0.25, 0.3) is 0 Å². The number of likely N-dealkylation sites (tertiary alicyclic amines) is 1. The van der Waals surface area contributed by atoms with Crippen molar-refractivity contribution in [2.45, 2.75) is 51.3 Å². The summed E-state index contributed by atoms with van der Waals surface area (Å²) in [4.78, 5) is 12.7. The minimum Gasteiger partial charge on any atom is -0.461 e. The van der Waals surface area contributed by atoms with Gasteiger partial charge in [-0.15, -0.1) is 0 Å². The molecule has 0 amide bonds. The summed E-state index contributed by atoms with van der Waals surface area (Å²) < 4.78 is 5.37. The molecule has 3 nitrogen and oxygen atoms in total. The van der Waals surface area contributed by atoms with Crippen LogP contribution in [0.3, 0.4) is 0 Å². The van der Waals surface area contributed by atoms with Gasteiger partial charge in [0.25, 0.3) is 0 Å². The summed E-state index contributed by atoms with van der Waals surface area (Å²) in [6.45, 7) is 6.65. The van der Waals surface area contributed by atoms with Gasteiger partial charge in [-0.2, -0.15) is 12.6 Å². The lowest BCUT2D eigenvalue weighted by Crippen LogP contribution is -3.21.